The van der Waals surface area contributed by atoms with Crippen LogP contribution in [0.1, 0.15) is 25.0 Å². The number of fused-ring (bicyclic) bond motifs is 3. The maximum Gasteiger partial charge on any atom is 0.244 e. The number of nitrogens with zero attached hydrogens (tertiary/aromatic N) is 4. The fourth-order valence-corrected chi connectivity index (χ4v) is 7.70. The smallest absolute Gasteiger partial charge is 0.244 e. The van der Waals surface area contributed by atoms with Gasteiger partial charge in [-0.3, -0.25) is 9.78 Å². The van der Waals surface area contributed by atoms with E-state index < -0.39 is 16.1 Å². The topological polar surface area (TPSA) is 83.5 Å². The summed E-state index contributed by atoms with van der Waals surface area (Å²) in [5, 5.41) is 0. The number of piperidine rings is 1. The first kappa shape index (κ1) is 22.2. The minimum atomic E-state index is -3.88. The van der Waals surface area contributed by atoms with Crippen molar-refractivity contribution in [2.45, 2.75) is 42.7 Å². The van der Waals surface area contributed by atoms with Crippen molar-refractivity contribution >= 4 is 37.5 Å². The van der Waals surface area contributed by atoms with Crippen LogP contribution in [0.5, 0.6) is 0 Å². The van der Waals surface area contributed by atoms with Crippen LogP contribution in [-0.4, -0.2) is 58.7 Å². The maximum absolute atomic E-state index is 13.9. The number of rotatable bonds is 6. The van der Waals surface area contributed by atoms with Gasteiger partial charge in [0, 0.05) is 43.4 Å². The van der Waals surface area contributed by atoms with Crippen molar-refractivity contribution in [2.24, 2.45) is 5.92 Å². The summed E-state index contributed by atoms with van der Waals surface area (Å²) in [6.07, 6.45) is 6.25. The number of benzene rings is 1. The van der Waals surface area contributed by atoms with Crippen molar-refractivity contribution in [3.8, 4) is 0 Å². The van der Waals surface area contributed by atoms with Gasteiger partial charge in [0.25, 0.3) is 0 Å². The Kier molecular flexibility index (Phi) is 6.03. The first-order chi connectivity index (χ1) is 16.0. The van der Waals surface area contributed by atoms with E-state index in [1.54, 1.807) is 29.9 Å². The Bertz CT molecular complexity index is 1280. The number of hydrogen-bond donors (Lipinski definition) is 0. The molecular formula is C24H26N4O3S2. The van der Waals surface area contributed by atoms with Crippen LogP contribution in [0.3, 0.4) is 0 Å². The molecule has 2 fully saturated rings. The Morgan fingerprint density at radius 2 is 2.06 bits per heavy atom. The zero-order chi connectivity index (χ0) is 23.0. The van der Waals surface area contributed by atoms with Crippen molar-refractivity contribution in [1.29, 1.82) is 0 Å². The Balaban J connectivity index is 1.49. The summed E-state index contributed by atoms with van der Waals surface area (Å²) in [5.74, 6) is -0.257. The van der Waals surface area contributed by atoms with Gasteiger partial charge in [0.2, 0.25) is 15.9 Å². The monoisotopic (exact) mass is 482 g/mol. The van der Waals surface area contributed by atoms with Gasteiger partial charge < -0.3 is 4.90 Å². The second-order valence-corrected chi connectivity index (χ2v) is 11.3. The molecule has 5 rings (SSSR count). The summed E-state index contributed by atoms with van der Waals surface area (Å²) in [6.45, 7) is 4.97. The molecule has 2 aliphatic heterocycles. The fourth-order valence-electron chi connectivity index (χ4n) is 5.01. The van der Waals surface area contributed by atoms with E-state index in [1.807, 2.05) is 29.2 Å². The molecule has 2 bridgehead atoms. The normalized spacial score (nSPS) is 24.1. The van der Waals surface area contributed by atoms with E-state index >= 15 is 0 Å². The van der Waals surface area contributed by atoms with Gasteiger partial charge in [-0.15, -0.1) is 17.9 Å². The minimum absolute atomic E-state index is 0.123. The van der Waals surface area contributed by atoms with E-state index in [0.29, 0.717) is 25.9 Å². The van der Waals surface area contributed by atoms with Gasteiger partial charge in [-0.25, -0.2) is 13.4 Å². The molecule has 1 amide bonds. The van der Waals surface area contributed by atoms with Crippen LogP contribution in [-0.2, 0) is 21.2 Å². The Morgan fingerprint density at radius 3 is 2.85 bits per heavy atom. The molecule has 0 N–H and O–H groups in total. The molecule has 3 aromatic rings. The highest BCUT2D eigenvalue weighted by Gasteiger charge is 2.49. The highest BCUT2D eigenvalue weighted by molar-refractivity contribution is 7.89. The number of thiazole rings is 1. The lowest BCUT2D eigenvalue weighted by molar-refractivity contribution is -0.135. The molecule has 0 saturated carbocycles. The second-order valence-electron chi connectivity index (χ2n) is 8.59. The summed E-state index contributed by atoms with van der Waals surface area (Å²) in [7, 11) is -3.88. The van der Waals surface area contributed by atoms with E-state index in [4.69, 9.17) is 0 Å². The van der Waals surface area contributed by atoms with Gasteiger partial charge in [-0.05, 0) is 49.6 Å². The Labute approximate surface area is 197 Å². The molecule has 2 saturated heterocycles. The van der Waals surface area contributed by atoms with Crippen LogP contribution in [0, 0.1) is 5.92 Å². The van der Waals surface area contributed by atoms with E-state index in [0.717, 1.165) is 28.8 Å². The molecule has 9 heteroatoms. The summed E-state index contributed by atoms with van der Waals surface area (Å²) in [5.41, 5.74) is 3.39. The largest absolute Gasteiger partial charge is 0.340 e. The summed E-state index contributed by atoms with van der Waals surface area (Å²) >= 11 is 1.41. The number of amides is 1. The highest BCUT2D eigenvalue weighted by atomic mass is 32.2. The lowest BCUT2D eigenvalue weighted by atomic mass is 9.90. The summed E-state index contributed by atoms with van der Waals surface area (Å²) < 4.78 is 30.1. The molecule has 2 aliphatic rings. The van der Waals surface area contributed by atoms with Crippen LogP contribution in [0.25, 0.3) is 10.2 Å². The molecule has 33 heavy (non-hydrogen) atoms. The predicted molar refractivity (Wildman–Crippen MR) is 128 cm³/mol. The van der Waals surface area contributed by atoms with E-state index in [2.05, 4.69) is 16.5 Å². The molecular weight excluding hydrogens is 456 g/mol. The maximum atomic E-state index is 13.9. The van der Waals surface area contributed by atoms with Crippen molar-refractivity contribution < 1.29 is 13.2 Å². The second kappa shape index (κ2) is 8.96. The van der Waals surface area contributed by atoms with Crippen LogP contribution in [0.4, 0.5) is 0 Å². The lowest BCUT2D eigenvalue weighted by Crippen LogP contribution is -2.54. The average Bonchev–Trinajstić information content (AvgIpc) is 3.30. The third-order valence-corrected chi connectivity index (χ3v) is 9.40. The third-order valence-electron chi connectivity index (χ3n) is 6.68. The molecule has 4 heterocycles. The van der Waals surface area contributed by atoms with E-state index in [1.165, 1.54) is 15.6 Å². The predicted octanol–water partition coefficient (Wildman–Crippen LogP) is 3.49. The van der Waals surface area contributed by atoms with Gasteiger partial charge in [-0.1, -0.05) is 12.1 Å². The van der Waals surface area contributed by atoms with E-state index in [-0.39, 0.29) is 22.8 Å². The van der Waals surface area contributed by atoms with Crippen LogP contribution < -0.4 is 0 Å². The zero-order valence-corrected chi connectivity index (χ0v) is 19.8. The molecule has 0 spiro atoms. The lowest BCUT2D eigenvalue weighted by Gasteiger charge is -2.40. The summed E-state index contributed by atoms with van der Waals surface area (Å²) in [4.78, 5) is 24.3. The standard InChI is InChI=1S/C24H26N4O3S2/c1-2-17-15-27(13-11-18-6-3-4-12-25-18)24(29)22-8-5-7-21(17)28(22)33(30,31)19-9-10-20-23(14-19)32-16-26-20/h2-4,6,9-10,12,14,16-17,21-22H,1,5,7-8,11,13,15H2/t17-,21+,22-/m0/s1. The SMILES string of the molecule is C=C[C@H]1CN(CCc2ccccn2)C(=O)[C@@H]2CCC[C@H]1N2S(=O)(=O)c1ccc2ncsc2c1. The van der Waals surface area contributed by atoms with Crippen molar-refractivity contribution in [3.63, 3.8) is 0 Å². The Morgan fingerprint density at radius 1 is 1.18 bits per heavy atom. The first-order valence-electron chi connectivity index (χ1n) is 11.2. The van der Waals surface area contributed by atoms with Crippen molar-refractivity contribution in [3.05, 3.63) is 66.5 Å². The zero-order valence-electron chi connectivity index (χ0n) is 18.2. The van der Waals surface area contributed by atoms with Crippen molar-refractivity contribution in [2.75, 3.05) is 13.1 Å². The van der Waals surface area contributed by atoms with Gasteiger partial charge >= 0.3 is 0 Å². The quantitative estimate of drug-likeness (QED) is 0.502. The molecule has 7 nitrogen and oxygen atoms in total. The number of pyridine rings is 1. The minimum Gasteiger partial charge on any atom is -0.340 e. The molecule has 3 atom stereocenters. The Hall–Kier alpha value is -2.62. The first-order valence-corrected chi connectivity index (χ1v) is 13.5. The molecule has 172 valence electrons. The number of hydrogen-bond acceptors (Lipinski definition) is 6. The molecule has 0 radical (unpaired) electrons. The van der Waals surface area contributed by atoms with Gasteiger partial charge in [0.1, 0.15) is 6.04 Å². The van der Waals surface area contributed by atoms with Gasteiger partial charge in [-0.2, -0.15) is 4.31 Å². The van der Waals surface area contributed by atoms with Gasteiger partial charge in [0.15, 0.2) is 0 Å². The molecule has 0 aliphatic carbocycles. The van der Waals surface area contributed by atoms with Crippen molar-refractivity contribution in [1.82, 2.24) is 19.2 Å². The number of carbonyl (C=O) groups is 1. The molecule has 0 unspecified atom stereocenters. The van der Waals surface area contributed by atoms with Crippen LogP contribution in [0.2, 0.25) is 0 Å². The van der Waals surface area contributed by atoms with E-state index in [9.17, 15) is 13.2 Å². The number of sulfonamides is 1. The average molecular weight is 483 g/mol. The third kappa shape index (κ3) is 4.09. The summed E-state index contributed by atoms with van der Waals surface area (Å²) in [6, 6.07) is 9.77. The van der Waals surface area contributed by atoms with Gasteiger partial charge in [0.05, 0.1) is 20.6 Å². The highest BCUT2D eigenvalue weighted by Crippen LogP contribution is 2.38. The fraction of sp³-hybridized carbons (Fsp3) is 0.375. The van der Waals surface area contributed by atoms with Crippen LogP contribution >= 0.6 is 11.3 Å². The van der Waals surface area contributed by atoms with Crippen LogP contribution in [0.15, 0.2) is 65.7 Å². The number of carbonyl (C=O) groups excluding carboxylic acids is 1. The molecule has 1 aromatic carbocycles. The number of aromatic nitrogens is 2. The molecule has 2 aromatic heterocycles.